The second-order valence-electron chi connectivity index (χ2n) is 5.66. The van der Waals surface area contributed by atoms with Gasteiger partial charge in [-0.25, -0.2) is 0 Å². The highest BCUT2D eigenvalue weighted by Gasteiger charge is 2.51. The van der Waals surface area contributed by atoms with Crippen molar-refractivity contribution in [3.05, 3.63) is 4.91 Å². The van der Waals surface area contributed by atoms with E-state index in [9.17, 15) is 9.70 Å². The Kier molecular flexibility index (Phi) is 5.49. The third-order valence-corrected chi connectivity index (χ3v) is 3.28. The fourth-order valence-corrected chi connectivity index (χ4v) is 2.04. The predicted molar refractivity (Wildman–Crippen MR) is 73.8 cm³/mol. The van der Waals surface area contributed by atoms with E-state index in [1.54, 1.807) is 27.9 Å². The maximum atomic E-state index is 12.1. The molecular weight excluding hydrogens is 247 g/mol. The Morgan fingerprint density at radius 1 is 1.37 bits per heavy atom. The molecule has 0 N–H and O–H groups in total. The van der Waals surface area contributed by atoms with Crippen LogP contribution >= 0.6 is 0 Å². The summed E-state index contributed by atoms with van der Waals surface area (Å²) in [6.45, 7) is 5.39. The Labute approximate surface area is 114 Å². The van der Waals surface area contributed by atoms with Crippen LogP contribution in [0.15, 0.2) is 5.18 Å². The van der Waals surface area contributed by atoms with Crippen LogP contribution in [-0.4, -0.2) is 49.8 Å². The predicted octanol–water partition coefficient (Wildman–Crippen LogP) is 1.69. The molecule has 0 radical (unpaired) electrons. The summed E-state index contributed by atoms with van der Waals surface area (Å²) in [6, 6.07) is 0. The van der Waals surface area contributed by atoms with Crippen LogP contribution in [0.4, 0.5) is 0 Å². The molecule has 0 spiro atoms. The van der Waals surface area contributed by atoms with Crippen molar-refractivity contribution < 1.29 is 14.1 Å². The molecule has 1 heterocycles. The summed E-state index contributed by atoms with van der Waals surface area (Å²) < 4.78 is 11.4. The van der Waals surface area contributed by atoms with Gasteiger partial charge in [-0.05, 0) is 20.2 Å². The van der Waals surface area contributed by atoms with Gasteiger partial charge in [-0.2, -0.15) is 4.91 Å². The number of carbonyl (C=O) groups excluding carboxylic acids is 1. The van der Waals surface area contributed by atoms with E-state index in [1.807, 2.05) is 0 Å². The topological polar surface area (TPSA) is 68.2 Å². The molecule has 6 nitrogen and oxygen atoms in total. The molecule has 1 saturated heterocycles. The number of hydrogen-bond donors (Lipinski definition) is 0. The molecule has 1 aliphatic heterocycles. The lowest BCUT2D eigenvalue weighted by Crippen LogP contribution is -2.48. The van der Waals surface area contributed by atoms with Crippen LogP contribution < -0.4 is 0 Å². The fraction of sp³-hybridized carbons (Fsp3) is 0.917. The number of rotatable bonds is 6. The van der Waals surface area contributed by atoms with Gasteiger partial charge in [-0.1, -0.05) is 24.9 Å². The van der Waals surface area contributed by atoms with Crippen molar-refractivity contribution >= 4 is 13.0 Å². The second kappa shape index (κ2) is 6.48. The molecule has 0 aromatic carbocycles. The normalized spacial score (nSPS) is 23.5. The van der Waals surface area contributed by atoms with E-state index in [1.165, 1.54) is 4.90 Å². The van der Waals surface area contributed by atoms with Gasteiger partial charge in [0.1, 0.15) is 17.7 Å². The number of nitroso groups, excluding NO2 is 1. The molecule has 0 unspecified atom stereocenters. The molecule has 0 saturated carbocycles. The first-order chi connectivity index (χ1) is 8.83. The van der Waals surface area contributed by atoms with E-state index in [0.717, 1.165) is 19.2 Å². The molecule has 19 heavy (non-hydrogen) atoms. The van der Waals surface area contributed by atoms with E-state index in [-0.39, 0.29) is 5.91 Å². The first-order valence-corrected chi connectivity index (χ1v) is 6.70. The van der Waals surface area contributed by atoms with Crippen molar-refractivity contribution in [1.29, 1.82) is 0 Å². The maximum Gasteiger partial charge on any atom is 0.457 e. The SMILES string of the molecule is CCCCB1O[C@H](C(=O)N(C)C)[C@@H](C(C)(C)N=O)O1. The van der Waals surface area contributed by atoms with Crippen LogP contribution in [0.25, 0.3) is 0 Å². The van der Waals surface area contributed by atoms with Gasteiger partial charge in [0.05, 0.1) is 0 Å². The van der Waals surface area contributed by atoms with Gasteiger partial charge in [0.2, 0.25) is 0 Å². The molecule has 108 valence electrons. The zero-order valence-corrected chi connectivity index (χ0v) is 12.4. The summed E-state index contributed by atoms with van der Waals surface area (Å²) in [6.07, 6.45) is 1.30. The molecular formula is C12H23BN2O4. The monoisotopic (exact) mass is 270 g/mol. The third-order valence-electron chi connectivity index (χ3n) is 3.28. The highest BCUT2D eigenvalue weighted by Crippen LogP contribution is 2.31. The molecule has 1 fully saturated rings. The average Bonchev–Trinajstić information content (AvgIpc) is 2.80. The zero-order valence-electron chi connectivity index (χ0n) is 12.4. The highest BCUT2D eigenvalue weighted by atomic mass is 16.7. The Bertz CT molecular complexity index is 336. The van der Waals surface area contributed by atoms with Gasteiger partial charge in [0.25, 0.3) is 5.91 Å². The van der Waals surface area contributed by atoms with Gasteiger partial charge in [0, 0.05) is 14.1 Å². The number of amides is 1. The van der Waals surface area contributed by atoms with E-state index in [0.29, 0.717) is 0 Å². The minimum Gasteiger partial charge on any atom is -0.402 e. The van der Waals surface area contributed by atoms with Gasteiger partial charge < -0.3 is 14.2 Å². The lowest BCUT2D eigenvalue weighted by molar-refractivity contribution is -0.138. The molecule has 0 aromatic heterocycles. The molecule has 0 aliphatic carbocycles. The Balaban J connectivity index is 2.84. The van der Waals surface area contributed by atoms with Crippen molar-refractivity contribution in [1.82, 2.24) is 4.90 Å². The van der Waals surface area contributed by atoms with E-state index >= 15 is 0 Å². The minimum atomic E-state index is -0.989. The molecule has 1 rings (SSSR count). The first kappa shape index (κ1) is 16.1. The molecule has 7 heteroatoms. The summed E-state index contributed by atoms with van der Waals surface area (Å²) in [5.41, 5.74) is -0.989. The standard InChI is InChI=1S/C12H23BN2O4/c1-6-7-8-13-18-9(11(16)15(4)5)10(19-13)12(2,3)14-17/h9-10H,6-8H2,1-5H3/t9-,10-/m0/s1. The molecule has 1 aliphatic rings. The molecule has 0 aromatic rings. The third kappa shape index (κ3) is 3.76. The molecule has 0 bridgehead atoms. The fourth-order valence-electron chi connectivity index (χ4n) is 2.04. The van der Waals surface area contributed by atoms with E-state index < -0.39 is 24.9 Å². The summed E-state index contributed by atoms with van der Waals surface area (Å²) in [5.74, 6) is -0.194. The molecule has 1 amide bonds. The van der Waals surface area contributed by atoms with Gasteiger partial charge in [0.15, 0.2) is 0 Å². The summed E-state index contributed by atoms with van der Waals surface area (Å²) >= 11 is 0. The van der Waals surface area contributed by atoms with Gasteiger partial charge in [-0.3, -0.25) is 4.79 Å². The molecule has 2 atom stereocenters. The number of likely N-dealkylation sites (N-methyl/N-ethyl adjacent to an activating group) is 1. The smallest absolute Gasteiger partial charge is 0.402 e. The van der Waals surface area contributed by atoms with Crippen LogP contribution in [0, 0.1) is 4.91 Å². The summed E-state index contributed by atoms with van der Waals surface area (Å²) in [4.78, 5) is 24.5. The van der Waals surface area contributed by atoms with Crippen molar-refractivity contribution in [3.8, 4) is 0 Å². The number of unbranched alkanes of at least 4 members (excludes halogenated alkanes) is 1. The van der Waals surface area contributed by atoms with Gasteiger partial charge >= 0.3 is 7.12 Å². The highest BCUT2D eigenvalue weighted by molar-refractivity contribution is 6.45. The zero-order chi connectivity index (χ0) is 14.6. The minimum absolute atomic E-state index is 0.194. The van der Waals surface area contributed by atoms with Crippen LogP contribution in [0.1, 0.15) is 33.6 Å². The Morgan fingerprint density at radius 3 is 2.47 bits per heavy atom. The number of nitrogens with zero attached hydrogens (tertiary/aromatic N) is 2. The quantitative estimate of drug-likeness (QED) is 0.544. The lowest BCUT2D eigenvalue weighted by Gasteiger charge is -2.28. The Morgan fingerprint density at radius 2 is 2.00 bits per heavy atom. The van der Waals surface area contributed by atoms with E-state index in [2.05, 4.69) is 12.1 Å². The summed E-state index contributed by atoms with van der Waals surface area (Å²) in [5, 5.41) is 3.08. The van der Waals surface area contributed by atoms with Crippen molar-refractivity contribution in [2.75, 3.05) is 14.1 Å². The van der Waals surface area contributed by atoms with Crippen molar-refractivity contribution in [3.63, 3.8) is 0 Å². The average molecular weight is 270 g/mol. The van der Waals surface area contributed by atoms with Crippen molar-refractivity contribution in [2.24, 2.45) is 5.18 Å². The van der Waals surface area contributed by atoms with Crippen LogP contribution in [-0.2, 0) is 14.1 Å². The summed E-state index contributed by atoms with van der Waals surface area (Å²) in [7, 11) is 2.88. The lowest BCUT2D eigenvalue weighted by atomic mass is 9.82. The van der Waals surface area contributed by atoms with Crippen LogP contribution in [0.2, 0.25) is 6.32 Å². The van der Waals surface area contributed by atoms with Crippen LogP contribution in [0.5, 0.6) is 0 Å². The van der Waals surface area contributed by atoms with Crippen LogP contribution in [0.3, 0.4) is 0 Å². The first-order valence-electron chi connectivity index (χ1n) is 6.70. The maximum absolute atomic E-state index is 12.1. The largest absolute Gasteiger partial charge is 0.457 e. The second-order valence-corrected chi connectivity index (χ2v) is 5.66. The van der Waals surface area contributed by atoms with Gasteiger partial charge in [-0.15, -0.1) is 0 Å². The van der Waals surface area contributed by atoms with E-state index in [4.69, 9.17) is 9.31 Å². The number of carbonyl (C=O) groups is 1. The Hall–Kier alpha value is -0.945. The van der Waals surface area contributed by atoms with Crippen molar-refractivity contribution in [2.45, 2.75) is 57.7 Å². The number of hydrogen-bond acceptors (Lipinski definition) is 5.